The van der Waals surface area contributed by atoms with Crippen LogP contribution in [0.2, 0.25) is 10.0 Å². The van der Waals surface area contributed by atoms with Crippen molar-refractivity contribution < 1.29 is 0 Å². The first kappa shape index (κ1) is 18.5. The van der Waals surface area contributed by atoms with Crippen LogP contribution < -0.4 is 10.6 Å². The summed E-state index contributed by atoms with van der Waals surface area (Å²) in [4.78, 5) is 2.36. The Labute approximate surface area is 169 Å². The lowest BCUT2D eigenvalue weighted by atomic mass is 9.99. The molecule has 6 heteroatoms. The fourth-order valence-corrected chi connectivity index (χ4v) is 4.16. The van der Waals surface area contributed by atoms with Gasteiger partial charge < -0.3 is 10.6 Å². The number of fused-ring (bicyclic) bond motifs is 1. The zero-order valence-corrected chi connectivity index (χ0v) is 17.0. The summed E-state index contributed by atoms with van der Waals surface area (Å²) in [7, 11) is 0. The van der Waals surface area contributed by atoms with Crippen LogP contribution >= 0.6 is 23.2 Å². The highest BCUT2D eigenvalue weighted by Gasteiger charge is 2.23. The van der Waals surface area contributed by atoms with E-state index in [1.807, 2.05) is 6.07 Å². The van der Waals surface area contributed by atoms with E-state index in [1.54, 1.807) is 6.07 Å². The molecular formula is C21H22Cl2N4. The van der Waals surface area contributed by atoms with Gasteiger partial charge in [0.2, 0.25) is 0 Å². The zero-order valence-electron chi connectivity index (χ0n) is 15.5. The Bertz CT molecular complexity index is 990. The Kier molecular flexibility index (Phi) is 4.97. The second-order valence-electron chi connectivity index (χ2n) is 7.38. The summed E-state index contributed by atoms with van der Waals surface area (Å²) in [6.07, 6.45) is 1.91. The summed E-state index contributed by atoms with van der Waals surface area (Å²) < 4.78 is 0. The van der Waals surface area contributed by atoms with Gasteiger partial charge in [-0.15, -0.1) is 10.2 Å². The summed E-state index contributed by atoms with van der Waals surface area (Å²) in [6.45, 7) is 5.97. The zero-order chi connectivity index (χ0) is 19.1. The molecule has 0 spiro atoms. The largest absolute Gasteiger partial charge is 0.369 e. The Morgan fingerprint density at radius 3 is 2.22 bits per heavy atom. The molecule has 1 aliphatic rings. The van der Waals surface area contributed by atoms with Gasteiger partial charge >= 0.3 is 0 Å². The molecule has 4 nitrogen and oxygen atoms in total. The number of anilines is 1. The van der Waals surface area contributed by atoms with Crippen LogP contribution in [-0.2, 0) is 0 Å². The van der Waals surface area contributed by atoms with Crippen molar-refractivity contribution in [2.24, 2.45) is 5.73 Å². The molecule has 0 unspecified atom stereocenters. The molecule has 1 fully saturated rings. The highest BCUT2D eigenvalue weighted by atomic mass is 35.5. The van der Waals surface area contributed by atoms with Crippen molar-refractivity contribution >= 4 is 39.8 Å². The second kappa shape index (κ2) is 7.27. The van der Waals surface area contributed by atoms with E-state index in [-0.39, 0.29) is 6.04 Å². The van der Waals surface area contributed by atoms with E-state index in [0.29, 0.717) is 10.0 Å². The summed E-state index contributed by atoms with van der Waals surface area (Å²) in [6, 6.07) is 10.4. The smallest absolute Gasteiger partial charge is 0.117 e. The van der Waals surface area contributed by atoms with E-state index in [4.69, 9.17) is 28.9 Å². The van der Waals surface area contributed by atoms with E-state index in [2.05, 4.69) is 47.1 Å². The molecule has 4 rings (SSSR count). The maximum absolute atomic E-state index is 6.35. The molecule has 1 aliphatic heterocycles. The molecule has 2 aromatic carbocycles. The van der Waals surface area contributed by atoms with Crippen LogP contribution in [0.1, 0.15) is 24.0 Å². The number of aryl methyl sites for hydroxylation is 2. The monoisotopic (exact) mass is 400 g/mol. The lowest BCUT2D eigenvalue weighted by molar-refractivity contribution is 0.502. The third-order valence-corrected chi connectivity index (χ3v) is 5.85. The van der Waals surface area contributed by atoms with Gasteiger partial charge in [-0.1, -0.05) is 40.4 Å². The predicted octanol–water partition coefficient (Wildman–Crippen LogP) is 5.15. The molecule has 3 aromatic rings. The fourth-order valence-electron chi connectivity index (χ4n) is 3.84. The highest BCUT2D eigenvalue weighted by molar-refractivity contribution is 6.43. The molecule has 0 bridgehead atoms. The van der Waals surface area contributed by atoms with Crippen LogP contribution in [0, 0.1) is 13.8 Å². The molecule has 2 N–H and O–H groups in total. The lowest BCUT2D eigenvalue weighted by Gasteiger charge is -2.33. The number of nitrogens with zero attached hydrogens (tertiary/aromatic N) is 3. The van der Waals surface area contributed by atoms with E-state index in [9.17, 15) is 0 Å². The molecule has 1 aromatic heterocycles. The average Bonchev–Trinajstić information content (AvgIpc) is 2.62. The molecule has 140 valence electrons. The van der Waals surface area contributed by atoms with Gasteiger partial charge in [0.05, 0.1) is 21.2 Å². The second-order valence-corrected chi connectivity index (χ2v) is 8.20. The quantitative estimate of drug-likeness (QED) is 0.646. The van der Waals surface area contributed by atoms with Gasteiger partial charge in [-0.05, 0) is 51.0 Å². The molecule has 0 saturated carbocycles. The van der Waals surface area contributed by atoms with Crippen molar-refractivity contribution in [3.8, 4) is 11.3 Å². The predicted molar refractivity (Wildman–Crippen MR) is 114 cm³/mol. The average molecular weight is 401 g/mol. The summed E-state index contributed by atoms with van der Waals surface area (Å²) >= 11 is 12.6. The number of nitrogens with two attached hydrogens (primary N) is 1. The minimum atomic E-state index is 0.255. The molecule has 0 atom stereocenters. The molecule has 0 amide bonds. The first-order valence-electron chi connectivity index (χ1n) is 9.17. The van der Waals surface area contributed by atoms with E-state index >= 15 is 0 Å². The minimum Gasteiger partial charge on any atom is -0.369 e. The maximum Gasteiger partial charge on any atom is 0.117 e. The van der Waals surface area contributed by atoms with Crippen LogP contribution in [0.15, 0.2) is 30.3 Å². The number of piperidine rings is 1. The Morgan fingerprint density at radius 2 is 1.56 bits per heavy atom. The number of hydrogen-bond donors (Lipinski definition) is 1. The molecular weight excluding hydrogens is 379 g/mol. The van der Waals surface area contributed by atoms with Crippen molar-refractivity contribution in [2.75, 3.05) is 18.0 Å². The third kappa shape index (κ3) is 3.62. The van der Waals surface area contributed by atoms with Gasteiger partial charge in [-0.3, -0.25) is 0 Å². The van der Waals surface area contributed by atoms with Crippen molar-refractivity contribution in [1.29, 1.82) is 0 Å². The van der Waals surface area contributed by atoms with E-state index in [0.717, 1.165) is 53.8 Å². The molecule has 27 heavy (non-hydrogen) atoms. The number of aromatic nitrogens is 2. The van der Waals surface area contributed by atoms with Gasteiger partial charge in [0.25, 0.3) is 0 Å². The van der Waals surface area contributed by atoms with Gasteiger partial charge in [-0.25, -0.2) is 0 Å². The third-order valence-electron chi connectivity index (χ3n) is 5.13. The van der Waals surface area contributed by atoms with E-state index in [1.165, 1.54) is 11.1 Å². The van der Waals surface area contributed by atoms with Gasteiger partial charge in [0.1, 0.15) is 5.69 Å². The Hall–Kier alpha value is -1.88. The van der Waals surface area contributed by atoms with Crippen molar-refractivity contribution in [3.05, 3.63) is 51.5 Å². The molecule has 0 aliphatic carbocycles. The fraction of sp³-hybridized carbons (Fsp3) is 0.333. The number of hydrogen-bond acceptors (Lipinski definition) is 4. The van der Waals surface area contributed by atoms with Crippen molar-refractivity contribution in [2.45, 2.75) is 32.7 Å². The number of halogens is 2. The molecule has 2 heterocycles. The lowest BCUT2D eigenvalue weighted by Crippen LogP contribution is -2.40. The first-order chi connectivity index (χ1) is 12.9. The Balaban J connectivity index is 1.97. The van der Waals surface area contributed by atoms with Crippen molar-refractivity contribution in [3.63, 3.8) is 0 Å². The number of rotatable bonds is 2. The topological polar surface area (TPSA) is 55.0 Å². The molecule has 1 saturated heterocycles. The van der Waals surface area contributed by atoms with Crippen LogP contribution in [0.4, 0.5) is 5.69 Å². The summed E-state index contributed by atoms with van der Waals surface area (Å²) in [5, 5.41) is 11.0. The van der Waals surface area contributed by atoms with Crippen LogP contribution in [0.5, 0.6) is 0 Å². The number of benzene rings is 2. The van der Waals surface area contributed by atoms with Crippen LogP contribution in [-0.4, -0.2) is 29.3 Å². The van der Waals surface area contributed by atoms with E-state index < -0.39 is 0 Å². The van der Waals surface area contributed by atoms with Gasteiger partial charge in [-0.2, -0.15) is 0 Å². The van der Waals surface area contributed by atoms with Crippen molar-refractivity contribution in [1.82, 2.24) is 10.2 Å². The van der Waals surface area contributed by atoms with Crippen LogP contribution in [0.3, 0.4) is 0 Å². The highest BCUT2D eigenvalue weighted by Crippen LogP contribution is 2.39. The van der Waals surface area contributed by atoms with Gasteiger partial charge in [0, 0.05) is 30.1 Å². The standard InChI is InChI=1S/C21H22Cl2N4/c1-12-7-13(2)9-14(8-12)20-21(27-5-3-15(24)4-6-27)16-10-17(22)18(23)11-19(16)25-26-20/h7-11,15H,3-6,24H2,1-2H3. The summed E-state index contributed by atoms with van der Waals surface area (Å²) in [5.41, 5.74) is 12.3. The minimum absolute atomic E-state index is 0.255. The van der Waals surface area contributed by atoms with Crippen LogP contribution in [0.25, 0.3) is 22.2 Å². The normalized spacial score (nSPS) is 15.5. The first-order valence-corrected chi connectivity index (χ1v) is 9.92. The summed E-state index contributed by atoms with van der Waals surface area (Å²) in [5.74, 6) is 0. The maximum atomic E-state index is 6.35. The SMILES string of the molecule is Cc1cc(C)cc(-c2nnc3cc(Cl)c(Cl)cc3c2N2CCC(N)CC2)c1. The Morgan fingerprint density at radius 1 is 0.926 bits per heavy atom. The molecule has 0 radical (unpaired) electrons. The van der Waals surface area contributed by atoms with Gasteiger partial charge in [0.15, 0.2) is 0 Å².